The lowest BCUT2D eigenvalue weighted by Gasteiger charge is -2.41. The summed E-state index contributed by atoms with van der Waals surface area (Å²) >= 11 is 0. The van der Waals surface area contributed by atoms with Gasteiger partial charge >= 0.3 is 0 Å². The molecule has 8 heteroatoms. The molecule has 0 aliphatic carbocycles. The SMILES string of the molecule is O=C1CCC(N2Cc3cccc(CN(Cc4ccccc4)CC4(O)CNC4)c3C2=O)C(=O)N1. The van der Waals surface area contributed by atoms with Gasteiger partial charge in [0.05, 0.1) is 0 Å². The number of piperidine rings is 1. The van der Waals surface area contributed by atoms with E-state index in [0.29, 0.717) is 51.3 Å². The number of imide groups is 1. The van der Waals surface area contributed by atoms with E-state index in [1.54, 1.807) is 4.90 Å². The summed E-state index contributed by atoms with van der Waals surface area (Å²) in [6.45, 7) is 3.11. The van der Waals surface area contributed by atoms with Crippen LogP contribution in [0.1, 0.15) is 39.9 Å². The van der Waals surface area contributed by atoms with Crippen molar-refractivity contribution in [3.8, 4) is 0 Å². The maximum absolute atomic E-state index is 13.4. The second-order valence-corrected chi connectivity index (χ2v) is 9.31. The number of nitrogens with one attached hydrogen (secondary N) is 2. The second-order valence-electron chi connectivity index (χ2n) is 9.31. The number of benzene rings is 2. The fraction of sp³-hybridized carbons (Fsp3) is 0.400. The Labute approximate surface area is 192 Å². The van der Waals surface area contributed by atoms with Gasteiger partial charge in [-0.1, -0.05) is 48.5 Å². The first-order valence-corrected chi connectivity index (χ1v) is 11.4. The zero-order valence-corrected chi connectivity index (χ0v) is 18.4. The molecule has 1 unspecified atom stereocenters. The number of carbonyl (C=O) groups is 3. The second kappa shape index (κ2) is 8.70. The van der Waals surface area contributed by atoms with Crippen LogP contribution in [-0.2, 0) is 29.2 Å². The third-order valence-electron chi connectivity index (χ3n) is 6.71. The molecule has 33 heavy (non-hydrogen) atoms. The molecule has 0 saturated carbocycles. The van der Waals surface area contributed by atoms with Crippen molar-refractivity contribution in [3.63, 3.8) is 0 Å². The van der Waals surface area contributed by atoms with Crippen LogP contribution in [0.3, 0.4) is 0 Å². The third kappa shape index (κ3) is 4.42. The van der Waals surface area contributed by atoms with E-state index < -0.39 is 17.6 Å². The average molecular weight is 449 g/mol. The molecule has 5 rings (SSSR count). The highest BCUT2D eigenvalue weighted by Gasteiger charge is 2.41. The van der Waals surface area contributed by atoms with Gasteiger partial charge in [-0.15, -0.1) is 0 Å². The summed E-state index contributed by atoms with van der Waals surface area (Å²) in [6.07, 6.45) is 0.584. The van der Waals surface area contributed by atoms with E-state index in [1.807, 2.05) is 36.4 Å². The minimum atomic E-state index is -0.782. The number of β-amino-alcohol motifs (C(OH)–C–C–N with tert-alkyl or cyclic N) is 1. The Kier molecular flexibility index (Phi) is 5.74. The highest BCUT2D eigenvalue weighted by Crippen LogP contribution is 2.31. The highest BCUT2D eigenvalue weighted by molar-refractivity contribution is 6.06. The van der Waals surface area contributed by atoms with E-state index in [4.69, 9.17) is 0 Å². The topological polar surface area (TPSA) is 102 Å². The number of hydrogen-bond acceptors (Lipinski definition) is 6. The standard InChI is InChI=1S/C25H28N4O4/c30-21-10-9-20(23(31)27-21)29-13-19-8-4-7-18(22(19)24(29)32)12-28(16-25(33)14-26-15-25)11-17-5-2-1-3-6-17/h1-8,20,26,33H,9-16H2,(H,27,30,31). The van der Waals surface area contributed by atoms with Gasteiger partial charge in [-0.05, 0) is 23.1 Å². The van der Waals surface area contributed by atoms with Crippen molar-refractivity contribution in [3.05, 3.63) is 70.8 Å². The van der Waals surface area contributed by atoms with E-state index >= 15 is 0 Å². The fourth-order valence-electron chi connectivity index (χ4n) is 5.01. The summed E-state index contributed by atoms with van der Waals surface area (Å²) in [4.78, 5) is 41.1. The lowest BCUT2D eigenvalue weighted by atomic mass is 9.95. The van der Waals surface area contributed by atoms with Crippen molar-refractivity contribution < 1.29 is 19.5 Å². The minimum absolute atomic E-state index is 0.168. The Balaban J connectivity index is 1.38. The van der Waals surface area contributed by atoms with Gasteiger partial charge in [0, 0.05) is 51.3 Å². The molecule has 2 saturated heterocycles. The van der Waals surface area contributed by atoms with Crippen molar-refractivity contribution >= 4 is 17.7 Å². The van der Waals surface area contributed by atoms with Crippen molar-refractivity contribution in [1.82, 2.24) is 20.4 Å². The summed E-state index contributed by atoms with van der Waals surface area (Å²) in [7, 11) is 0. The molecule has 3 heterocycles. The zero-order chi connectivity index (χ0) is 23.0. The average Bonchev–Trinajstić information content (AvgIpc) is 3.10. The Morgan fingerprint density at radius 1 is 1.03 bits per heavy atom. The van der Waals surface area contributed by atoms with Crippen LogP contribution < -0.4 is 10.6 Å². The summed E-state index contributed by atoms with van der Waals surface area (Å²) < 4.78 is 0. The molecule has 8 nitrogen and oxygen atoms in total. The first kappa shape index (κ1) is 21.8. The monoisotopic (exact) mass is 448 g/mol. The molecule has 2 fully saturated rings. The van der Waals surface area contributed by atoms with Crippen LogP contribution >= 0.6 is 0 Å². The molecule has 0 radical (unpaired) electrons. The number of fused-ring (bicyclic) bond motifs is 1. The van der Waals surface area contributed by atoms with Crippen LogP contribution in [0.2, 0.25) is 0 Å². The van der Waals surface area contributed by atoms with E-state index in [0.717, 1.165) is 16.7 Å². The van der Waals surface area contributed by atoms with E-state index in [2.05, 4.69) is 27.7 Å². The molecule has 3 amide bonds. The molecule has 2 aromatic carbocycles. The van der Waals surface area contributed by atoms with Gasteiger partial charge in [0.2, 0.25) is 11.8 Å². The van der Waals surface area contributed by atoms with Gasteiger partial charge in [-0.25, -0.2) is 0 Å². The minimum Gasteiger partial charge on any atom is -0.386 e. The molecule has 3 aliphatic heterocycles. The largest absolute Gasteiger partial charge is 0.386 e. The Morgan fingerprint density at radius 2 is 1.82 bits per heavy atom. The summed E-state index contributed by atoms with van der Waals surface area (Å²) in [6, 6.07) is 15.3. The molecular formula is C25H28N4O4. The molecule has 3 aliphatic rings. The Bertz CT molecular complexity index is 1080. The van der Waals surface area contributed by atoms with Gasteiger partial charge in [0.25, 0.3) is 5.91 Å². The first-order valence-electron chi connectivity index (χ1n) is 11.4. The quantitative estimate of drug-likeness (QED) is 0.542. The molecule has 2 aromatic rings. The van der Waals surface area contributed by atoms with Crippen LogP contribution in [0.25, 0.3) is 0 Å². The summed E-state index contributed by atoms with van der Waals surface area (Å²) in [5, 5.41) is 16.3. The van der Waals surface area contributed by atoms with Crippen LogP contribution in [0.5, 0.6) is 0 Å². The van der Waals surface area contributed by atoms with Gasteiger partial charge in [0.15, 0.2) is 0 Å². The molecule has 0 aromatic heterocycles. The Morgan fingerprint density at radius 3 is 2.52 bits per heavy atom. The highest BCUT2D eigenvalue weighted by atomic mass is 16.3. The first-order chi connectivity index (χ1) is 15.9. The number of amides is 3. The van der Waals surface area contributed by atoms with Crippen LogP contribution in [0.4, 0.5) is 0 Å². The smallest absolute Gasteiger partial charge is 0.255 e. The van der Waals surface area contributed by atoms with Crippen molar-refractivity contribution in [2.24, 2.45) is 0 Å². The van der Waals surface area contributed by atoms with Crippen LogP contribution in [0.15, 0.2) is 48.5 Å². The normalized spacial score (nSPS) is 21.7. The predicted octanol–water partition coefficient (Wildman–Crippen LogP) is 0.784. The lowest BCUT2D eigenvalue weighted by molar-refractivity contribution is -0.136. The number of aliphatic hydroxyl groups is 1. The lowest BCUT2D eigenvalue weighted by Crippen LogP contribution is -2.64. The Hall–Kier alpha value is -3.07. The van der Waals surface area contributed by atoms with E-state index in [1.165, 1.54) is 0 Å². The van der Waals surface area contributed by atoms with Gasteiger partial charge in [0.1, 0.15) is 11.6 Å². The van der Waals surface area contributed by atoms with Crippen LogP contribution in [0, 0.1) is 0 Å². The fourth-order valence-corrected chi connectivity index (χ4v) is 5.01. The van der Waals surface area contributed by atoms with Gasteiger partial charge < -0.3 is 15.3 Å². The number of rotatable bonds is 7. The predicted molar refractivity (Wildman–Crippen MR) is 121 cm³/mol. The summed E-state index contributed by atoms with van der Waals surface area (Å²) in [5.41, 5.74) is 2.77. The van der Waals surface area contributed by atoms with Gasteiger partial charge in [-0.2, -0.15) is 0 Å². The van der Waals surface area contributed by atoms with E-state index in [9.17, 15) is 19.5 Å². The van der Waals surface area contributed by atoms with Crippen molar-refractivity contribution in [1.29, 1.82) is 0 Å². The zero-order valence-electron chi connectivity index (χ0n) is 18.4. The summed E-state index contributed by atoms with van der Waals surface area (Å²) in [5.74, 6) is -0.862. The maximum atomic E-state index is 13.4. The number of hydrogen-bond donors (Lipinski definition) is 3. The van der Waals surface area contributed by atoms with Crippen molar-refractivity contribution in [2.45, 2.75) is 44.1 Å². The molecular weight excluding hydrogens is 420 g/mol. The third-order valence-corrected chi connectivity index (χ3v) is 6.71. The van der Waals surface area contributed by atoms with Crippen LogP contribution in [-0.4, -0.2) is 63.9 Å². The van der Waals surface area contributed by atoms with E-state index in [-0.39, 0.29) is 18.2 Å². The van der Waals surface area contributed by atoms with Gasteiger partial charge in [-0.3, -0.25) is 24.6 Å². The van der Waals surface area contributed by atoms with Crippen molar-refractivity contribution in [2.75, 3.05) is 19.6 Å². The number of carbonyl (C=O) groups excluding carboxylic acids is 3. The molecule has 0 bridgehead atoms. The molecule has 1 atom stereocenters. The molecule has 172 valence electrons. The molecule has 3 N–H and O–H groups in total. The maximum Gasteiger partial charge on any atom is 0.255 e. The molecule has 0 spiro atoms. The number of nitrogens with zero attached hydrogens (tertiary/aromatic N) is 2.